The Labute approximate surface area is 127 Å². The van der Waals surface area contributed by atoms with Crippen LogP contribution in [0, 0.1) is 5.92 Å². The number of anilines is 1. The molecule has 0 spiro atoms. The highest BCUT2D eigenvalue weighted by molar-refractivity contribution is 7.15. The summed E-state index contributed by atoms with van der Waals surface area (Å²) in [6.07, 6.45) is 3.78. The maximum absolute atomic E-state index is 9.60. The zero-order valence-electron chi connectivity index (χ0n) is 13.4. The fourth-order valence-corrected chi connectivity index (χ4v) is 3.60. The van der Waals surface area contributed by atoms with E-state index in [2.05, 4.69) is 39.5 Å². The van der Waals surface area contributed by atoms with Crippen molar-refractivity contribution in [2.75, 3.05) is 11.4 Å². The van der Waals surface area contributed by atoms with Crippen LogP contribution in [-0.2, 0) is 12.0 Å². The lowest BCUT2D eigenvalue weighted by molar-refractivity contribution is 0.282. The predicted octanol–water partition coefficient (Wildman–Crippen LogP) is 3.95. The van der Waals surface area contributed by atoms with E-state index in [0.29, 0.717) is 6.04 Å². The van der Waals surface area contributed by atoms with Gasteiger partial charge in [0.25, 0.3) is 0 Å². The lowest BCUT2D eigenvalue weighted by Crippen LogP contribution is -2.27. The van der Waals surface area contributed by atoms with E-state index in [1.165, 1.54) is 19.3 Å². The van der Waals surface area contributed by atoms with Crippen LogP contribution in [-0.4, -0.2) is 22.7 Å². The fourth-order valence-electron chi connectivity index (χ4n) is 2.37. The summed E-state index contributed by atoms with van der Waals surface area (Å²) in [5, 5.41) is 10.7. The Morgan fingerprint density at radius 1 is 1.35 bits per heavy atom. The minimum Gasteiger partial charge on any atom is -0.391 e. The third-order valence-electron chi connectivity index (χ3n) is 3.72. The standard InChI is InChI=1S/C16H28N2OS/c1-11(2)8-9-18(12-6-7-12)15-17-14(16(3,4)5)13(10-19)20-15/h11-12,19H,6-10H2,1-5H3. The minimum absolute atomic E-state index is 0.0000816. The van der Waals surface area contributed by atoms with Gasteiger partial charge < -0.3 is 10.0 Å². The number of hydrogen-bond donors (Lipinski definition) is 1. The number of nitrogens with zero attached hydrogens (tertiary/aromatic N) is 2. The molecule has 1 aromatic heterocycles. The molecule has 0 atom stereocenters. The van der Waals surface area contributed by atoms with Gasteiger partial charge in [0.05, 0.1) is 17.2 Å². The molecule has 1 aliphatic carbocycles. The molecule has 0 radical (unpaired) electrons. The molecule has 20 heavy (non-hydrogen) atoms. The van der Waals surface area contributed by atoms with Crippen molar-refractivity contribution in [3.63, 3.8) is 0 Å². The van der Waals surface area contributed by atoms with Crippen LogP contribution in [0.3, 0.4) is 0 Å². The average Bonchev–Trinajstić information content (AvgIpc) is 3.06. The molecule has 1 fully saturated rings. The Balaban J connectivity index is 2.22. The zero-order valence-corrected chi connectivity index (χ0v) is 14.3. The SMILES string of the molecule is CC(C)CCN(c1nc(C(C)(C)C)c(CO)s1)C1CC1. The van der Waals surface area contributed by atoms with Crippen molar-refractivity contribution in [2.45, 2.75) is 71.9 Å². The molecule has 0 amide bonds. The van der Waals surface area contributed by atoms with E-state index >= 15 is 0 Å². The van der Waals surface area contributed by atoms with Gasteiger partial charge in [-0.25, -0.2) is 4.98 Å². The summed E-state index contributed by atoms with van der Waals surface area (Å²) in [4.78, 5) is 8.38. The van der Waals surface area contributed by atoms with Gasteiger partial charge in [0.15, 0.2) is 5.13 Å². The molecule has 0 bridgehead atoms. The molecule has 1 aliphatic rings. The van der Waals surface area contributed by atoms with Gasteiger partial charge in [0, 0.05) is 18.0 Å². The van der Waals surface area contributed by atoms with Crippen LogP contribution in [0.1, 0.15) is 64.5 Å². The van der Waals surface area contributed by atoms with Crippen LogP contribution in [0.2, 0.25) is 0 Å². The second-order valence-corrected chi connectivity index (χ2v) is 8.35. The van der Waals surface area contributed by atoms with Gasteiger partial charge in [-0.3, -0.25) is 0 Å². The van der Waals surface area contributed by atoms with Crippen LogP contribution in [0.4, 0.5) is 5.13 Å². The Morgan fingerprint density at radius 3 is 2.40 bits per heavy atom. The van der Waals surface area contributed by atoms with E-state index in [4.69, 9.17) is 4.98 Å². The number of rotatable bonds is 6. The van der Waals surface area contributed by atoms with Crippen LogP contribution in [0.15, 0.2) is 0 Å². The van der Waals surface area contributed by atoms with Gasteiger partial charge in [-0.2, -0.15) is 0 Å². The maximum atomic E-state index is 9.60. The highest BCUT2D eigenvalue weighted by atomic mass is 32.1. The van der Waals surface area contributed by atoms with Gasteiger partial charge in [-0.15, -0.1) is 0 Å². The number of hydrogen-bond acceptors (Lipinski definition) is 4. The van der Waals surface area contributed by atoms with Crippen LogP contribution in [0.5, 0.6) is 0 Å². The van der Waals surface area contributed by atoms with Crippen LogP contribution < -0.4 is 4.90 Å². The monoisotopic (exact) mass is 296 g/mol. The summed E-state index contributed by atoms with van der Waals surface area (Å²) < 4.78 is 0. The van der Waals surface area contributed by atoms with Gasteiger partial charge >= 0.3 is 0 Å². The smallest absolute Gasteiger partial charge is 0.186 e. The summed E-state index contributed by atoms with van der Waals surface area (Å²) >= 11 is 1.68. The molecule has 114 valence electrons. The molecule has 0 aliphatic heterocycles. The number of aliphatic hydroxyl groups is 1. The summed E-state index contributed by atoms with van der Waals surface area (Å²) in [6, 6.07) is 0.680. The summed E-state index contributed by atoms with van der Waals surface area (Å²) in [6.45, 7) is 12.2. The van der Waals surface area contributed by atoms with Gasteiger partial charge in [-0.05, 0) is 25.2 Å². The molecular weight excluding hydrogens is 268 g/mol. The topological polar surface area (TPSA) is 36.4 Å². The maximum Gasteiger partial charge on any atom is 0.186 e. The Kier molecular flexibility index (Phi) is 4.75. The molecule has 0 saturated heterocycles. The molecule has 0 aromatic carbocycles. The average molecular weight is 296 g/mol. The van der Waals surface area contributed by atoms with E-state index in [-0.39, 0.29) is 12.0 Å². The van der Waals surface area contributed by atoms with Gasteiger partial charge in [0.2, 0.25) is 0 Å². The molecule has 3 nitrogen and oxygen atoms in total. The molecule has 0 unspecified atom stereocenters. The first kappa shape index (κ1) is 15.8. The normalized spacial score (nSPS) is 15.9. The molecule has 2 rings (SSSR count). The number of aliphatic hydroxyl groups excluding tert-OH is 1. The first-order valence-corrected chi connectivity index (χ1v) is 8.52. The highest BCUT2D eigenvalue weighted by Crippen LogP contribution is 2.38. The van der Waals surface area contributed by atoms with Gasteiger partial charge in [0.1, 0.15) is 0 Å². The minimum atomic E-state index is 0.0000816. The lowest BCUT2D eigenvalue weighted by atomic mass is 9.91. The summed E-state index contributed by atoms with van der Waals surface area (Å²) in [5.74, 6) is 0.718. The Hall–Kier alpha value is -0.610. The second-order valence-electron chi connectivity index (χ2n) is 7.28. The largest absolute Gasteiger partial charge is 0.391 e. The molecule has 4 heteroatoms. The van der Waals surface area contributed by atoms with E-state index < -0.39 is 0 Å². The van der Waals surface area contributed by atoms with Crippen molar-refractivity contribution >= 4 is 16.5 Å². The Bertz CT molecular complexity index is 444. The first-order valence-electron chi connectivity index (χ1n) is 7.70. The van der Waals surface area contributed by atoms with Crippen molar-refractivity contribution in [2.24, 2.45) is 5.92 Å². The van der Waals surface area contributed by atoms with E-state index in [1.54, 1.807) is 11.3 Å². The first-order chi connectivity index (χ1) is 9.32. The highest BCUT2D eigenvalue weighted by Gasteiger charge is 2.32. The van der Waals surface area contributed by atoms with Crippen molar-refractivity contribution in [1.82, 2.24) is 4.98 Å². The van der Waals surface area contributed by atoms with E-state index in [9.17, 15) is 5.11 Å². The third kappa shape index (κ3) is 3.73. The molecular formula is C16H28N2OS. The van der Waals surface area contributed by atoms with E-state index in [0.717, 1.165) is 28.2 Å². The lowest BCUT2D eigenvalue weighted by Gasteiger charge is -2.23. The molecule has 1 aromatic rings. The van der Waals surface area contributed by atoms with Crippen molar-refractivity contribution in [3.05, 3.63) is 10.6 Å². The van der Waals surface area contributed by atoms with Crippen LogP contribution >= 0.6 is 11.3 Å². The number of thiazole rings is 1. The third-order valence-corrected chi connectivity index (χ3v) is 4.80. The molecule has 1 N–H and O–H groups in total. The zero-order chi connectivity index (χ0) is 14.9. The van der Waals surface area contributed by atoms with Crippen molar-refractivity contribution < 1.29 is 5.11 Å². The predicted molar refractivity (Wildman–Crippen MR) is 86.6 cm³/mol. The molecule has 1 saturated carbocycles. The summed E-state index contributed by atoms with van der Waals surface area (Å²) in [5.41, 5.74) is 1.07. The fraction of sp³-hybridized carbons (Fsp3) is 0.812. The quantitative estimate of drug-likeness (QED) is 0.863. The summed E-state index contributed by atoms with van der Waals surface area (Å²) in [7, 11) is 0. The van der Waals surface area contributed by atoms with Gasteiger partial charge in [-0.1, -0.05) is 46.0 Å². The Morgan fingerprint density at radius 2 is 2.00 bits per heavy atom. The van der Waals surface area contributed by atoms with Crippen molar-refractivity contribution in [1.29, 1.82) is 0 Å². The molecule has 1 heterocycles. The second kappa shape index (κ2) is 6.02. The van der Waals surface area contributed by atoms with Crippen LogP contribution in [0.25, 0.3) is 0 Å². The van der Waals surface area contributed by atoms with Crippen molar-refractivity contribution in [3.8, 4) is 0 Å². The number of aromatic nitrogens is 1. The van der Waals surface area contributed by atoms with E-state index in [1.807, 2.05) is 0 Å².